The van der Waals surface area contributed by atoms with E-state index in [-0.39, 0.29) is 23.5 Å². The standard InChI is InChI=1S/C26H27NO5S/c1-31-24-12-10-19(16-25(24)32-2)11-13-26(28)27(22-14-15-33(29,30)18-22)17-21-8-5-7-20-6-3-4-9-23(20)21/h3-13,16,22H,14-15,17-18H2,1-2H3/b13-11+/t22-/m1/s1. The van der Waals surface area contributed by atoms with E-state index in [1.54, 1.807) is 37.3 Å². The van der Waals surface area contributed by atoms with Crippen LogP contribution < -0.4 is 9.47 Å². The zero-order valence-electron chi connectivity index (χ0n) is 18.7. The van der Waals surface area contributed by atoms with Crippen molar-refractivity contribution in [1.29, 1.82) is 0 Å². The number of hydrogen-bond acceptors (Lipinski definition) is 5. The number of nitrogens with zero attached hydrogens (tertiary/aromatic N) is 1. The van der Waals surface area contributed by atoms with E-state index in [9.17, 15) is 13.2 Å². The molecule has 0 aromatic heterocycles. The third-order valence-electron chi connectivity index (χ3n) is 5.98. The minimum absolute atomic E-state index is 0.00625. The van der Waals surface area contributed by atoms with Crippen molar-refractivity contribution < 1.29 is 22.7 Å². The molecular formula is C26H27NO5S. The summed E-state index contributed by atoms with van der Waals surface area (Å²) in [7, 11) is -0.0154. The lowest BCUT2D eigenvalue weighted by molar-refractivity contribution is -0.128. The molecule has 1 heterocycles. The second kappa shape index (κ2) is 9.67. The first-order valence-corrected chi connectivity index (χ1v) is 12.6. The van der Waals surface area contributed by atoms with Crippen molar-refractivity contribution in [3.05, 3.63) is 77.9 Å². The van der Waals surface area contributed by atoms with Crippen molar-refractivity contribution in [3.8, 4) is 11.5 Å². The highest BCUT2D eigenvalue weighted by Crippen LogP contribution is 2.28. The molecule has 7 heteroatoms. The van der Waals surface area contributed by atoms with Crippen LogP contribution >= 0.6 is 0 Å². The Morgan fingerprint density at radius 2 is 1.79 bits per heavy atom. The lowest BCUT2D eigenvalue weighted by atomic mass is 10.0. The van der Waals surface area contributed by atoms with Gasteiger partial charge in [-0.2, -0.15) is 0 Å². The fraction of sp³-hybridized carbons (Fsp3) is 0.269. The van der Waals surface area contributed by atoms with Gasteiger partial charge in [0.25, 0.3) is 0 Å². The van der Waals surface area contributed by atoms with Crippen molar-refractivity contribution in [2.75, 3.05) is 25.7 Å². The number of fused-ring (bicyclic) bond motifs is 1. The van der Waals surface area contributed by atoms with E-state index in [4.69, 9.17) is 9.47 Å². The fourth-order valence-electron chi connectivity index (χ4n) is 4.24. The van der Waals surface area contributed by atoms with E-state index in [1.807, 2.05) is 48.5 Å². The maximum atomic E-state index is 13.3. The highest BCUT2D eigenvalue weighted by Gasteiger charge is 2.34. The Labute approximate surface area is 194 Å². The molecule has 6 nitrogen and oxygen atoms in total. The molecule has 1 aliphatic rings. The molecule has 1 amide bonds. The molecule has 3 aromatic carbocycles. The Kier molecular flexibility index (Phi) is 6.70. The smallest absolute Gasteiger partial charge is 0.247 e. The number of sulfone groups is 1. The van der Waals surface area contributed by atoms with Crippen LogP contribution in [0.15, 0.2) is 66.7 Å². The van der Waals surface area contributed by atoms with Crippen molar-refractivity contribution in [2.45, 2.75) is 19.0 Å². The quantitative estimate of drug-likeness (QED) is 0.492. The van der Waals surface area contributed by atoms with Crippen molar-refractivity contribution in [2.24, 2.45) is 0 Å². The molecule has 0 bridgehead atoms. The second-order valence-corrected chi connectivity index (χ2v) is 10.3. The molecule has 0 saturated carbocycles. The molecule has 0 unspecified atom stereocenters. The zero-order valence-corrected chi connectivity index (χ0v) is 19.5. The Morgan fingerprint density at radius 1 is 1.03 bits per heavy atom. The molecule has 1 aliphatic heterocycles. The van der Waals surface area contributed by atoms with Gasteiger partial charge < -0.3 is 14.4 Å². The third-order valence-corrected chi connectivity index (χ3v) is 7.73. The molecule has 0 N–H and O–H groups in total. The summed E-state index contributed by atoms with van der Waals surface area (Å²) in [5.41, 5.74) is 1.77. The monoisotopic (exact) mass is 465 g/mol. The van der Waals surface area contributed by atoms with Crippen LogP contribution in [0.1, 0.15) is 17.5 Å². The maximum absolute atomic E-state index is 13.3. The van der Waals surface area contributed by atoms with E-state index < -0.39 is 9.84 Å². The van der Waals surface area contributed by atoms with Gasteiger partial charge in [-0.05, 0) is 46.5 Å². The Hall–Kier alpha value is -3.32. The molecule has 4 rings (SSSR count). The van der Waals surface area contributed by atoms with Crippen LogP contribution in [0.5, 0.6) is 11.5 Å². The molecule has 1 saturated heterocycles. The van der Waals surface area contributed by atoms with Crippen LogP contribution in [0, 0.1) is 0 Å². The van der Waals surface area contributed by atoms with Gasteiger partial charge in [0.05, 0.1) is 25.7 Å². The maximum Gasteiger partial charge on any atom is 0.247 e. The summed E-state index contributed by atoms with van der Waals surface area (Å²) in [6.07, 6.45) is 3.66. The van der Waals surface area contributed by atoms with Crippen LogP contribution in [0.4, 0.5) is 0 Å². The topological polar surface area (TPSA) is 72.9 Å². The Bertz CT molecular complexity index is 1290. The SMILES string of the molecule is COc1ccc(/C=C/C(=O)N(Cc2cccc3ccccc23)[C@@H]2CCS(=O)(=O)C2)cc1OC. The number of methoxy groups -OCH3 is 2. The number of carbonyl (C=O) groups excluding carboxylic acids is 1. The molecule has 1 fully saturated rings. The summed E-state index contributed by atoms with van der Waals surface area (Å²) in [6.45, 7) is 0.344. The fourth-order valence-corrected chi connectivity index (χ4v) is 5.97. The average molecular weight is 466 g/mol. The molecule has 3 aromatic rings. The van der Waals surface area contributed by atoms with Gasteiger partial charge in [-0.25, -0.2) is 8.42 Å². The first kappa shape index (κ1) is 22.9. The average Bonchev–Trinajstić information content (AvgIpc) is 3.19. The van der Waals surface area contributed by atoms with Crippen LogP contribution in [0.3, 0.4) is 0 Å². The highest BCUT2D eigenvalue weighted by molar-refractivity contribution is 7.91. The van der Waals surface area contributed by atoms with E-state index >= 15 is 0 Å². The second-order valence-electron chi connectivity index (χ2n) is 8.11. The number of hydrogen-bond donors (Lipinski definition) is 0. The van der Waals surface area contributed by atoms with Gasteiger partial charge in [-0.3, -0.25) is 4.79 Å². The molecule has 33 heavy (non-hydrogen) atoms. The number of rotatable bonds is 7. The summed E-state index contributed by atoms with van der Waals surface area (Å²) in [6, 6.07) is 19.0. The number of benzene rings is 3. The van der Waals surface area contributed by atoms with Gasteiger partial charge in [0.2, 0.25) is 5.91 Å². The first-order valence-electron chi connectivity index (χ1n) is 10.8. The molecule has 0 spiro atoms. The normalized spacial score (nSPS) is 17.3. The van der Waals surface area contributed by atoms with Crippen LogP contribution in [0.25, 0.3) is 16.8 Å². The minimum atomic E-state index is -3.14. The van der Waals surface area contributed by atoms with E-state index in [2.05, 4.69) is 0 Å². The van der Waals surface area contributed by atoms with Gasteiger partial charge in [0, 0.05) is 18.7 Å². The number of amides is 1. The van der Waals surface area contributed by atoms with Gasteiger partial charge in [0.1, 0.15) is 0 Å². The third kappa shape index (κ3) is 5.20. The van der Waals surface area contributed by atoms with Crippen LogP contribution in [0.2, 0.25) is 0 Å². The van der Waals surface area contributed by atoms with Crippen LogP contribution in [-0.4, -0.2) is 51.0 Å². The van der Waals surface area contributed by atoms with E-state index in [0.29, 0.717) is 24.5 Å². The summed E-state index contributed by atoms with van der Waals surface area (Å²) >= 11 is 0. The predicted octanol–water partition coefficient (Wildman–Crippen LogP) is 4.09. The molecule has 0 radical (unpaired) electrons. The van der Waals surface area contributed by atoms with Gasteiger partial charge >= 0.3 is 0 Å². The van der Waals surface area contributed by atoms with E-state index in [0.717, 1.165) is 21.9 Å². The number of carbonyl (C=O) groups is 1. The lowest BCUT2D eigenvalue weighted by Gasteiger charge is -2.28. The summed E-state index contributed by atoms with van der Waals surface area (Å²) in [5, 5.41) is 2.14. The zero-order chi connectivity index (χ0) is 23.4. The molecule has 172 valence electrons. The largest absolute Gasteiger partial charge is 0.493 e. The van der Waals surface area contributed by atoms with Crippen molar-refractivity contribution in [1.82, 2.24) is 4.90 Å². The van der Waals surface area contributed by atoms with Crippen LogP contribution in [-0.2, 0) is 21.2 Å². The van der Waals surface area contributed by atoms with Crippen molar-refractivity contribution in [3.63, 3.8) is 0 Å². The summed E-state index contributed by atoms with van der Waals surface area (Å²) in [5.74, 6) is 1.06. The minimum Gasteiger partial charge on any atom is -0.493 e. The molecule has 1 atom stereocenters. The van der Waals surface area contributed by atoms with E-state index in [1.165, 1.54) is 6.08 Å². The highest BCUT2D eigenvalue weighted by atomic mass is 32.2. The van der Waals surface area contributed by atoms with Crippen molar-refractivity contribution >= 4 is 32.6 Å². The molecule has 0 aliphatic carbocycles. The Morgan fingerprint density at radius 3 is 2.52 bits per heavy atom. The van der Waals surface area contributed by atoms with Gasteiger partial charge in [-0.15, -0.1) is 0 Å². The lowest BCUT2D eigenvalue weighted by Crippen LogP contribution is -2.39. The first-order chi connectivity index (χ1) is 15.9. The predicted molar refractivity (Wildman–Crippen MR) is 130 cm³/mol. The number of ether oxygens (including phenoxy) is 2. The van der Waals surface area contributed by atoms with Gasteiger partial charge in [-0.1, -0.05) is 48.5 Å². The Balaban J connectivity index is 1.63. The van der Waals surface area contributed by atoms with Gasteiger partial charge in [0.15, 0.2) is 21.3 Å². The summed E-state index contributed by atoms with van der Waals surface area (Å²) in [4.78, 5) is 15.0. The molecular weight excluding hydrogens is 438 g/mol. The summed E-state index contributed by atoms with van der Waals surface area (Å²) < 4.78 is 34.9.